The van der Waals surface area contributed by atoms with Crippen LogP contribution in [0.4, 0.5) is 10.1 Å². The molecule has 0 N–H and O–H groups in total. The first kappa shape index (κ1) is 17.8. The minimum Gasteiger partial charge on any atom is -0.205 e. The van der Waals surface area contributed by atoms with Crippen molar-refractivity contribution in [3.05, 3.63) is 29.1 Å². The van der Waals surface area contributed by atoms with Gasteiger partial charge in [-0.15, -0.1) is 0 Å². The molecule has 2 fully saturated rings. The zero-order chi connectivity index (χ0) is 17.1. The van der Waals surface area contributed by atoms with Gasteiger partial charge in [0.1, 0.15) is 11.5 Å². The highest BCUT2D eigenvalue weighted by molar-refractivity contribution is 7.78. The van der Waals surface area contributed by atoms with Crippen molar-refractivity contribution in [1.29, 1.82) is 0 Å². The van der Waals surface area contributed by atoms with E-state index in [1.165, 1.54) is 51.4 Å². The van der Waals surface area contributed by atoms with E-state index in [1.54, 1.807) is 6.07 Å². The molecule has 0 amide bonds. The Morgan fingerprint density at radius 3 is 2.12 bits per heavy atom. The summed E-state index contributed by atoms with van der Waals surface area (Å²) in [5.74, 6) is 3.02. The number of benzene rings is 1. The second-order valence-electron chi connectivity index (χ2n) is 8.00. The van der Waals surface area contributed by atoms with E-state index in [-0.39, 0.29) is 5.82 Å². The van der Waals surface area contributed by atoms with Crippen LogP contribution in [0.5, 0.6) is 0 Å². The zero-order valence-corrected chi connectivity index (χ0v) is 15.7. The number of nitrogens with zero attached hydrogens (tertiary/aromatic N) is 1. The quantitative estimate of drug-likeness (QED) is 0.425. The molecule has 3 rings (SSSR count). The van der Waals surface area contributed by atoms with Crippen molar-refractivity contribution in [2.75, 3.05) is 0 Å². The summed E-state index contributed by atoms with van der Waals surface area (Å²) in [5, 5.41) is 2.28. The molecule has 0 heterocycles. The van der Waals surface area contributed by atoms with Gasteiger partial charge in [-0.1, -0.05) is 25.8 Å². The number of isothiocyanates is 1. The first-order valence-electron chi connectivity index (χ1n) is 9.46. The van der Waals surface area contributed by atoms with Crippen molar-refractivity contribution in [3.63, 3.8) is 0 Å². The number of rotatable bonds is 3. The monoisotopic (exact) mass is 345 g/mol. The Labute approximate surface area is 150 Å². The highest BCUT2D eigenvalue weighted by Crippen LogP contribution is 2.44. The molecule has 0 saturated heterocycles. The molecule has 0 spiro atoms. The van der Waals surface area contributed by atoms with Crippen molar-refractivity contribution >= 4 is 23.1 Å². The van der Waals surface area contributed by atoms with Gasteiger partial charge in [-0.2, -0.15) is 4.99 Å². The minimum atomic E-state index is -0.259. The number of aliphatic imine (C=N–C) groups is 1. The Morgan fingerprint density at radius 2 is 1.58 bits per heavy atom. The highest BCUT2D eigenvalue weighted by atomic mass is 32.1. The van der Waals surface area contributed by atoms with Gasteiger partial charge < -0.3 is 0 Å². The van der Waals surface area contributed by atoms with Crippen LogP contribution in [-0.4, -0.2) is 5.16 Å². The number of halogens is 1. The predicted octanol–water partition coefficient (Wildman–Crippen LogP) is 6.97. The summed E-state index contributed by atoms with van der Waals surface area (Å²) in [6.07, 6.45) is 10.7. The van der Waals surface area contributed by atoms with Crippen molar-refractivity contribution in [3.8, 4) is 0 Å². The van der Waals surface area contributed by atoms with Gasteiger partial charge in [-0.05, 0) is 98.5 Å². The molecule has 3 heteroatoms. The first-order chi connectivity index (χ1) is 11.6. The topological polar surface area (TPSA) is 12.4 Å². The van der Waals surface area contributed by atoms with E-state index in [1.807, 2.05) is 6.92 Å². The van der Waals surface area contributed by atoms with E-state index in [4.69, 9.17) is 0 Å². The predicted molar refractivity (Wildman–Crippen MR) is 102 cm³/mol. The van der Waals surface area contributed by atoms with Crippen LogP contribution in [0.3, 0.4) is 0 Å². The summed E-state index contributed by atoms with van der Waals surface area (Å²) < 4.78 is 14.3. The standard InChI is InChI=1S/C21H28FNS/c1-14-3-5-16(6-4-14)17-7-9-18(10-8-17)19-11-15(2)21(23-13-24)20(22)12-19/h11-12,14,16-18H,3-10H2,1-2H3. The van der Waals surface area contributed by atoms with Crippen LogP contribution in [0, 0.1) is 30.5 Å². The molecule has 2 aliphatic carbocycles. The van der Waals surface area contributed by atoms with Crippen LogP contribution in [0.2, 0.25) is 0 Å². The van der Waals surface area contributed by atoms with E-state index < -0.39 is 0 Å². The first-order valence-corrected chi connectivity index (χ1v) is 9.87. The van der Waals surface area contributed by atoms with E-state index in [0.29, 0.717) is 11.6 Å². The van der Waals surface area contributed by atoms with Crippen LogP contribution in [0.15, 0.2) is 17.1 Å². The molecule has 0 aliphatic heterocycles. The van der Waals surface area contributed by atoms with Gasteiger partial charge >= 0.3 is 0 Å². The summed E-state index contributed by atoms with van der Waals surface area (Å²) in [5.41, 5.74) is 2.36. The second-order valence-corrected chi connectivity index (χ2v) is 8.19. The molecular weight excluding hydrogens is 317 g/mol. The SMILES string of the molecule is Cc1cc(C2CCC(C3CCC(C)CC3)CC2)cc(F)c1N=C=S. The van der Waals surface area contributed by atoms with Crippen LogP contribution >= 0.6 is 12.2 Å². The normalized spacial score (nSPS) is 30.6. The Morgan fingerprint density at radius 1 is 1.00 bits per heavy atom. The maximum Gasteiger partial charge on any atom is 0.150 e. The lowest BCUT2D eigenvalue weighted by Gasteiger charge is -2.37. The molecule has 0 atom stereocenters. The van der Waals surface area contributed by atoms with E-state index in [2.05, 4.69) is 35.4 Å². The molecule has 0 radical (unpaired) electrons. The lowest BCUT2D eigenvalue weighted by Crippen LogP contribution is -2.24. The fraction of sp³-hybridized carbons (Fsp3) is 0.667. The summed E-state index contributed by atoms with van der Waals surface area (Å²) in [7, 11) is 0. The molecule has 24 heavy (non-hydrogen) atoms. The van der Waals surface area contributed by atoms with Crippen molar-refractivity contribution < 1.29 is 4.39 Å². The summed E-state index contributed by atoms with van der Waals surface area (Å²) in [6.45, 7) is 4.30. The van der Waals surface area contributed by atoms with E-state index >= 15 is 0 Å². The molecule has 130 valence electrons. The molecule has 0 unspecified atom stereocenters. The number of thiocarbonyl (C=S) groups is 1. The molecular formula is C21H28FNS. The average Bonchev–Trinajstić information content (AvgIpc) is 2.59. The number of aryl methyl sites for hydroxylation is 1. The summed E-state index contributed by atoms with van der Waals surface area (Å²) in [4.78, 5) is 3.86. The Bertz CT molecular complexity index is 596. The molecule has 0 bridgehead atoms. The average molecular weight is 346 g/mol. The fourth-order valence-corrected chi connectivity index (χ4v) is 4.96. The van der Waals surface area contributed by atoms with Crippen LogP contribution in [0.1, 0.15) is 75.3 Å². The van der Waals surface area contributed by atoms with Gasteiger partial charge in [0, 0.05) is 0 Å². The van der Waals surface area contributed by atoms with Gasteiger partial charge in [0.2, 0.25) is 0 Å². The lowest BCUT2D eigenvalue weighted by atomic mass is 9.68. The largest absolute Gasteiger partial charge is 0.205 e. The Balaban J connectivity index is 1.63. The van der Waals surface area contributed by atoms with Crippen molar-refractivity contribution in [1.82, 2.24) is 0 Å². The number of hydrogen-bond donors (Lipinski definition) is 0. The molecule has 0 aromatic heterocycles. The Kier molecular flexibility index (Phi) is 5.84. The van der Waals surface area contributed by atoms with Crippen molar-refractivity contribution in [2.45, 2.75) is 71.1 Å². The Hall–Kier alpha value is -1.05. The molecule has 1 aromatic carbocycles. The zero-order valence-electron chi connectivity index (χ0n) is 14.9. The van der Waals surface area contributed by atoms with E-state index in [9.17, 15) is 4.39 Å². The van der Waals surface area contributed by atoms with Crippen LogP contribution in [0.25, 0.3) is 0 Å². The van der Waals surface area contributed by atoms with Gasteiger partial charge in [0.05, 0.1) is 5.16 Å². The molecule has 1 aromatic rings. The maximum absolute atomic E-state index is 14.3. The number of hydrogen-bond acceptors (Lipinski definition) is 2. The van der Waals surface area contributed by atoms with Crippen LogP contribution < -0.4 is 0 Å². The second kappa shape index (κ2) is 7.89. The minimum absolute atomic E-state index is 0.259. The van der Waals surface area contributed by atoms with Gasteiger partial charge in [-0.3, -0.25) is 0 Å². The third-order valence-electron chi connectivity index (χ3n) is 6.40. The third-order valence-corrected chi connectivity index (χ3v) is 6.50. The molecule has 1 nitrogen and oxygen atoms in total. The van der Waals surface area contributed by atoms with Crippen LogP contribution in [-0.2, 0) is 0 Å². The molecule has 2 aliphatic rings. The maximum atomic E-state index is 14.3. The van der Waals surface area contributed by atoms with Gasteiger partial charge in [0.15, 0.2) is 0 Å². The van der Waals surface area contributed by atoms with E-state index in [0.717, 1.165) is 28.9 Å². The smallest absolute Gasteiger partial charge is 0.150 e. The highest BCUT2D eigenvalue weighted by Gasteiger charge is 2.30. The van der Waals surface area contributed by atoms with Crippen molar-refractivity contribution in [2.24, 2.45) is 22.7 Å². The summed E-state index contributed by atoms with van der Waals surface area (Å²) in [6, 6.07) is 3.77. The summed E-state index contributed by atoms with van der Waals surface area (Å²) >= 11 is 4.61. The third kappa shape index (κ3) is 3.95. The fourth-order valence-electron chi connectivity index (χ4n) is 4.87. The lowest BCUT2D eigenvalue weighted by molar-refractivity contribution is 0.165. The van der Waals surface area contributed by atoms with Gasteiger partial charge in [0.25, 0.3) is 0 Å². The van der Waals surface area contributed by atoms with Gasteiger partial charge in [-0.25, -0.2) is 4.39 Å². The molecule has 2 saturated carbocycles.